The minimum atomic E-state index is -0.616. The van der Waals surface area contributed by atoms with Gasteiger partial charge in [0.15, 0.2) is 0 Å². The third-order valence-corrected chi connectivity index (χ3v) is 4.78. The number of nitrogens with one attached hydrogen (secondary N) is 2. The quantitative estimate of drug-likeness (QED) is 0.397. The number of nitrogen functional groups attached to an aromatic ring is 1. The highest BCUT2D eigenvalue weighted by atomic mass is 16.4. The lowest BCUT2D eigenvalue weighted by atomic mass is 9.83. The molecular formula is C20H14N4O3. The van der Waals surface area contributed by atoms with Gasteiger partial charge in [-0.25, -0.2) is 4.79 Å². The Hall–Kier alpha value is -3.87. The summed E-state index contributed by atoms with van der Waals surface area (Å²) in [5, 5.41) is 3.87. The molecule has 2 aromatic carbocycles. The summed E-state index contributed by atoms with van der Waals surface area (Å²) in [5.41, 5.74) is 7.41. The first-order valence-corrected chi connectivity index (χ1v) is 8.41. The number of anilines is 3. The Morgan fingerprint density at radius 2 is 1.70 bits per heavy atom. The van der Waals surface area contributed by atoms with Crippen molar-refractivity contribution in [3.63, 3.8) is 0 Å². The zero-order valence-corrected chi connectivity index (χ0v) is 14.0. The van der Waals surface area contributed by atoms with Crippen molar-refractivity contribution in [1.82, 2.24) is 9.97 Å². The van der Waals surface area contributed by atoms with Gasteiger partial charge in [0.1, 0.15) is 11.4 Å². The minimum absolute atomic E-state index is 0.00813. The Morgan fingerprint density at radius 3 is 2.52 bits per heavy atom. The number of hydrogen-bond acceptors (Lipinski definition) is 6. The topological polar surface area (TPSA) is 114 Å². The maximum absolute atomic E-state index is 12.9. The normalized spacial score (nSPS) is 15.0. The highest BCUT2D eigenvalue weighted by Gasteiger charge is 2.35. The molecule has 7 heteroatoms. The molecule has 0 fully saturated rings. The van der Waals surface area contributed by atoms with E-state index in [1.54, 1.807) is 12.1 Å². The van der Waals surface area contributed by atoms with Gasteiger partial charge in [-0.05, 0) is 17.7 Å². The van der Waals surface area contributed by atoms with Gasteiger partial charge in [-0.1, -0.05) is 42.5 Å². The summed E-state index contributed by atoms with van der Waals surface area (Å²) in [6.45, 7) is 0. The molecule has 4 N–H and O–H groups in total. The molecule has 0 spiro atoms. The molecule has 2 aromatic heterocycles. The van der Waals surface area contributed by atoms with Gasteiger partial charge >= 0.3 is 5.63 Å². The molecule has 0 amide bonds. The zero-order valence-electron chi connectivity index (χ0n) is 14.0. The van der Waals surface area contributed by atoms with Crippen molar-refractivity contribution < 1.29 is 4.42 Å². The number of aromatic amines is 1. The SMILES string of the molecule is Nc1nc2c(c(=O)[nH]1)C(c1ccccc1)c1c(c3ccccc3oc1=O)N2. The smallest absolute Gasteiger partial charge is 0.342 e. The second kappa shape index (κ2) is 5.57. The van der Waals surface area contributed by atoms with E-state index in [9.17, 15) is 9.59 Å². The fraction of sp³-hybridized carbons (Fsp3) is 0.0500. The monoisotopic (exact) mass is 358 g/mol. The first-order chi connectivity index (χ1) is 13.1. The van der Waals surface area contributed by atoms with Crippen molar-refractivity contribution >= 4 is 28.4 Å². The van der Waals surface area contributed by atoms with Crippen LogP contribution in [0, 0.1) is 0 Å². The molecule has 3 heterocycles. The average molecular weight is 358 g/mol. The Bertz CT molecular complexity index is 1310. The van der Waals surface area contributed by atoms with Crippen molar-refractivity contribution in [2.75, 3.05) is 11.1 Å². The fourth-order valence-electron chi connectivity index (χ4n) is 3.67. The lowest BCUT2D eigenvalue weighted by Crippen LogP contribution is -2.30. The summed E-state index contributed by atoms with van der Waals surface area (Å²) < 4.78 is 5.54. The first kappa shape index (κ1) is 15.4. The second-order valence-corrected chi connectivity index (χ2v) is 6.36. The van der Waals surface area contributed by atoms with Gasteiger partial charge in [0, 0.05) is 5.39 Å². The van der Waals surface area contributed by atoms with Crippen LogP contribution in [0.3, 0.4) is 0 Å². The maximum atomic E-state index is 12.9. The number of para-hydroxylation sites is 1. The molecule has 0 saturated heterocycles. The van der Waals surface area contributed by atoms with E-state index in [1.165, 1.54) is 0 Å². The third kappa shape index (κ3) is 2.25. The van der Waals surface area contributed by atoms with Crippen LogP contribution < -0.4 is 22.2 Å². The van der Waals surface area contributed by atoms with Crippen LogP contribution in [0.5, 0.6) is 0 Å². The Morgan fingerprint density at radius 1 is 0.963 bits per heavy atom. The van der Waals surface area contributed by atoms with Crippen LogP contribution in [0.1, 0.15) is 22.6 Å². The van der Waals surface area contributed by atoms with E-state index in [0.29, 0.717) is 28.2 Å². The maximum Gasteiger partial charge on any atom is 0.342 e. The van der Waals surface area contributed by atoms with E-state index in [-0.39, 0.29) is 5.95 Å². The van der Waals surface area contributed by atoms with Crippen LogP contribution in [0.15, 0.2) is 68.6 Å². The predicted molar refractivity (Wildman–Crippen MR) is 102 cm³/mol. The minimum Gasteiger partial charge on any atom is -0.422 e. The van der Waals surface area contributed by atoms with Gasteiger partial charge in [0.05, 0.1) is 22.7 Å². The molecule has 27 heavy (non-hydrogen) atoms. The predicted octanol–water partition coefficient (Wildman–Crippen LogP) is 2.70. The molecule has 132 valence electrons. The number of H-pyrrole nitrogens is 1. The Labute approximate surface area is 152 Å². The van der Waals surface area contributed by atoms with Crippen LogP contribution in [-0.4, -0.2) is 9.97 Å². The summed E-state index contributed by atoms with van der Waals surface area (Å²) in [4.78, 5) is 32.4. The van der Waals surface area contributed by atoms with Crippen LogP contribution >= 0.6 is 0 Å². The lowest BCUT2D eigenvalue weighted by Gasteiger charge is -2.27. The molecule has 4 aromatic rings. The van der Waals surface area contributed by atoms with Crippen molar-refractivity contribution in [2.24, 2.45) is 0 Å². The van der Waals surface area contributed by atoms with Gasteiger partial charge in [-0.2, -0.15) is 4.98 Å². The van der Waals surface area contributed by atoms with E-state index in [1.807, 2.05) is 42.5 Å². The standard InChI is InChI=1S/C20H14N4O3/c21-20-23-17-15(18(25)24-20)13(10-6-2-1-3-7-10)14-16(22-17)11-8-4-5-9-12(11)27-19(14)26/h1-9,13H,(H4,21,22,23,24,25). The Kier molecular flexibility index (Phi) is 3.17. The first-order valence-electron chi connectivity index (χ1n) is 8.41. The molecule has 0 radical (unpaired) electrons. The van der Waals surface area contributed by atoms with E-state index < -0.39 is 17.1 Å². The Balaban J connectivity index is 1.93. The van der Waals surface area contributed by atoms with Gasteiger partial charge < -0.3 is 15.5 Å². The molecular weight excluding hydrogens is 344 g/mol. The fourth-order valence-corrected chi connectivity index (χ4v) is 3.67. The molecule has 1 aliphatic rings. The van der Waals surface area contributed by atoms with Crippen molar-refractivity contribution in [1.29, 1.82) is 0 Å². The highest BCUT2D eigenvalue weighted by Crippen LogP contribution is 2.43. The number of nitrogens with two attached hydrogens (primary N) is 1. The van der Waals surface area contributed by atoms with Crippen molar-refractivity contribution in [2.45, 2.75) is 5.92 Å². The van der Waals surface area contributed by atoms with Crippen LogP contribution in [0.25, 0.3) is 11.0 Å². The summed E-state index contributed by atoms with van der Waals surface area (Å²) in [6.07, 6.45) is 0. The summed E-state index contributed by atoms with van der Waals surface area (Å²) in [5.74, 6) is -0.266. The van der Waals surface area contributed by atoms with E-state index in [4.69, 9.17) is 10.2 Å². The average Bonchev–Trinajstić information content (AvgIpc) is 2.67. The summed E-state index contributed by atoms with van der Waals surface area (Å²) in [6, 6.07) is 16.6. The van der Waals surface area contributed by atoms with Crippen LogP contribution in [0.2, 0.25) is 0 Å². The summed E-state index contributed by atoms with van der Waals surface area (Å²) >= 11 is 0. The van der Waals surface area contributed by atoms with E-state index in [0.717, 1.165) is 10.9 Å². The number of hydrogen-bond donors (Lipinski definition) is 3. The molecule has 1 aliphatic heterocycles. The van der Waals surface area contributed by atoms with Gasteiger partial charge in [0.25, 0.3) is 5.56 Å². The molecule has 1 unspecified atom stereocenters. The molecule has 7 nitrogen and oxygen atoms in total. The van der Waals surface area contributed by atoms with Crippen molar-refractivity contribution in [3.8, 4) is 0 Å². The molecule has 0 saturated carbocycles. The molecule has 0 bridgehead atoms. The van der Waals surface area contributed by atoms with E-state index >= 15 is 0 Å². The second-order valence-electron chi connectivity index (χ2n) is 6.36. The van der Waals surface area contributed by atoms with E-state index in [2.05, 4.69) is 15.3 Å². The van der Waals surface area contributed by atoms with Gasteiger partial charge in [0.2, 0.25) is 5.95 Å². The summed E-state index contributed by atoms with van der Waals surface area (Å²) in [7, 11) is 0. The number of rotatable bonds is 1. The number of aromatic nitrogens is 2. The number of fused-ring (bicyclic) bond motifs is 4. The zero-order chi connectivity index (χ0) is 18.5. The number of benzene rings is 2. The number of nitrogens with zero attached hydrogens (tertiary/aromatic N) is 1. The molecule has 0 aliphatic carbocycles. The van der Waals surface area contributed by atoms with Crippen molar-refractivity contribution in [3.05, 3.63) is 92.1 Å². The largest absolute Gasteiger partial charge is 0.422 e. The third-order valence-electron chi connectivity index (χ3n) is 4.78. The lowest BCUT2D eigenvalue weighted by molar-refractivity contribution is 0.548. The van der Waals surface area contributed by atoms with Gasteiger partial charge in [-0.3, -0.25) is 9.78 Å². The van der Waals surface area contributed by atoms with Crippen LogP contribution in [0.4, 0.5) is 17.5 Å². The van der Waals surface area contributed by atoms with Crippen LogP contribution in [-0.2, 0) is 0 Å². The molecule has 5 rings (SSSR count). The molecule has 1 atom stereocenters. The highest BCUT2D eigenvalue weighted by molar-refractivity contribution is 5.95. The van der Waals surface area contributed by atoms with Gasteiger partial charge in [-0.15, -0.1) is 0 Å².